The normalized spacial score (nSPS) is 17.9. The number of rotatable bonds is 3. The maximum Gasteiger partial charge on any atom is 0.513 e. The molecule has 1 atom stereocenters. The van der Waals surface area contributed by atoms with Crippen LogP contribution in [0.4, 0.5) is 4.79 Å². The molecule has 0 aromatic heterocycles. The number of alkyl halides is 3. The first-order valence-corrected chi connectivity index (χ1v) is 10.6. The van der Waals surface area contributed by atoms with Crippen LogP contribution in [0.2, 0.25) is 0 Å². The lowest BCUT2D eigenvalue weighted by Crippen LogP contribution is -2.49. The minimum atomic E-state index is -1.77. The highest BCUT2D eigenvalue weighted by Crippen LogP contribution is 2.29. The highest BCUT2D eigenvalue weighted by Gasteiger charge is 2.43. The van der Waals surface area contributed by atoms with Gasteiger partial charge in [0, 0.05) is 13.0 Å². The quantitative estimate of drug-likeness (QED) is 0.302. The Balaban J connectivity index is 1.52. The van der Waals surface area contributed by atoms with Gasteiger partial charge in [-0.05, 0) is 35.4 Å². The van der Waals surface area contributed by atoms with Crippen LogP contribution in [0.5, 0.6) is 5.75 Å². The van der Waals surface area contributed by atoms with Crippen LogP contribution in [0.3, 0.4) is 0 Å². The van der Waals surface area contributed by atoms with Gasteiger partial charge in [-0.3, -0.25) is 19.3 Å². The zero-order chi connectivity index (χ0) is 23.0. The van der Waals surface area contributed by atoms with Crippen molar-refractivity contribution in [1.29, 1.82) is 0 Å². The van der Waals surface area contributed by atoms with Crippen LogP contribution < -0.4 is 10.1 Å². The second-order valence-electron chi connectivity index (χ2n) is 7.15. The third-order valence-electron chi connectivity index (χ3n) is 5.04. The Morgan fingerprint density at radius 3 is 2.31 bits per heavy atom. The van der Waals surface area contributed by atoms with Crippen molar-refractivity contribution in [2.24, 2.45) is 0 Å². The third kappa shape index (κ3) is 4.53. The summed E-state index contributed by atoms with van der Waals surface area (Å²) in [5, 5.41) is 2.71. The number of nitrogens with zero attached hydrogens (tertiary/aromatic N) is 1. The summed E-state index contributed by atoms with van der Waals surface area (Å²) in [6, 6.07) is 10.1. The molecule has 0 fully saturated rings. The molecular weight excluding hydrogens is 483 g/mol. The fraction of sp³-hybridized carbons (Fsp3) is 0.238. The van der Waals surface area contributed by atoms with Gasteiger partial charge in [-0.2, -0.15) is 0 Å². The molecule has 0 aliphatic carbocycles. The van der Waals surface area contributed by atoms with Gasteiger partial charge in [-0.1, -0.05) is 53.0 Å². The fourth-order valence-corrected chi connectivity index (χ4v) is 3.76. The van der Waals surface area contributed by atoms with E-state index in [0.29, 0.717) is 11.1 Å². The lowest BCUT2D eigenvalue weighted by Gasteiger charge is -2.23. The topological polar surface area (TPSA) is 102 Å². The average molecular weight is 498 g/mol. The van der Waals surface area contributed by atoms with E-state index in [2.05, 4.69) is 5.32 Å². The summed E-state index contributed by atoms with van der Waals surface area (Å²) < 4.78 is 8.04. The zero-order valence-electron chi connectivity index (χ0n) is 16.3. The maximum atomic E-state index is 12.8. The summed E-state index contributed by atoms with van der Waals surface area (Å²) >= 11 is 16.6. The van der Waals surface area contributed by atoms with E-state index in [1.807, 2.05) is 0 Å². The van der Waals surface area contributed by atoms with E-state index >= 15 is 0 Å². The molecule has 2 aliphatic rings. The molecule has 8 nitrogen and oxygen atoms in total. The van der Waals surface area contributed by atoms with Gasteiger partial charge in [-0.15, -0.1) is 0 Å². The van der Waals surface area contributed by atoms with Gasteiger partial charge in [0.15, 0.2) is 0 Å². The summed E-state index contributed by atoms with van der Waals surface area (Å²) in [5.74, 6) is -1.32. The van der Waals surface area contributed by atoms with Crippen molar-refractivity contribution in [2.45, 2.75) is 22.8 Å². The van der Waals surface area contributed by atoms with Gasteiger partial charge < -0.3 is 14.8 Å². The van der Waals surface area contributed by atoms with Crippen LogP contribution >= 0.6 is 34.8 Å². The van der Waals surface area contributed by atoms with Crippen molar-refractivity contribution in [2.75, 3.05) is 6.61 Å². The lowest BCUT2D eigenvalue weighted by atomic mass is 10.0. The van der Waals surface area contributed by atoms with Crippen molar-refractivity contribution in [3.05, 3.63) is 64.7 Å². The highest BCUT2D eigenvalue weighted by atomic mass is 35.6. The van der Waals surface area contributed by atoms with Crippen molar-refractivity contribution < 1.29 is 28.7 Å². The molecule has 0 radical (unpaired) electrons. The van der Waals surface area contributed by atoms with E-state index in [9.17, 15) is 19.2 Å². The molecule has 0 bridgehead atoms. The second-order valence-corrected chi connectivity index (χ2v) is 9.67. The number of fused-ring (bicyclic) bond motifs is 2. The zero-order valence-corrected chi connectivity index (χ0v) is 18.5. The Morgan fingerprint density at radius 2 is 1.69 bits per heavy atom. The van der Waals surface area contributed by atoms with Crippen molar-refractivity contribution in [1.82, 2.24) is 10.2 Å². The average Bonchev–Trinajstić information content (AvgIpc) is 2.88. The largest absolute Gasteiger partial charge is 0.513 e. The molecule has 4 rings (SSSR count). The minimum Gasteiger partial charge on any atom is -0.429 e. The van der Waals surface area contributed by atoms with Crippen LogP contribution in [0.15, 0.2) is 42.5 Å². The van der Waals surface area contributed by atoms with Crippen LogP contribution in [0.1, 0.15) is 31.8 Å². The summed E-state index contributed by atoms with van der Waals surface area (Å²) in [6.07, 6.45) is -0.942. The predicted molar refractivity (Wildman–Crippen MR) is 115 cm³/mol. The van der Waals surface area contributed by atoms with Crippen molar-refractivity contribution in [3.63, 3.8) is 0 Å². The molecule has 0 spiro atoms. The standard InChI is InChI=1S/C21H15Cl3N2O6/c22-21(23,24)10-31-20(30)32-13-6-5-11-8-16(17(27)25-9-12(11)7-13)26-18(28)14-3-1-2-4-15(14)19(26)29/h1-7,16H,8-10H2,(H,25,27)/t16-/m0/s1. The maximum absolute atomic E-state index is 12.8. The van der Waals surface area contributed by atoms with Gasteiger partial charge in [0.2, 0.25) is 9.70 Å². The Labute approximate surface area is 197 Å². The summed E-state index contributed by atoms with van der Waals surface area (Å²) in [5.41, 5.74) is 1.91. The van der Waals surface area contributed by atoms with E-state index in [4.69, 9.17) is 44.3 Å². The SMILES string of the molecule is O=C(OCC(Cl)(Cl)Cl)Oc1ccc2c(c1)CNC(=O)[C@@H](N1C(=O)c3ccccc3C1=O)C2. The number of imide groups is 1. The lowest BCUT2D eigenvalue weighted by molar-refractivity contribution is -0.124. The summed E-state index contributed by atoms with van der Waals surface area (Å²) in [6.45, 7) is -0.367. The Kier molecular flexibility index (Phi) is 6.03. The van der Waals surface area contributed by atoms with Gasteiger partial charge in [-0.25, -0.2) is 4.79 Å². The molecule has 2 aromatic rings. The molecule has 0 unspecified atom stereocenters. The number of carbonyl (C=O) groups is 4. The van der Waals surface area contributed by atoms with E-state index in [0.717, 1.165) is 4.90 Å². The molecule has 1 N–H and O–H groups in total. The van der Waals surface area contributed by atoms with Gasteiger partial charge >= 0.3 is 6.16 Å². The van der Waals surface area contributed by atoms with Crippen molar-refractivity contribution in [3.8, 4) is 5.75 Å². The van der Waals surface area contributed by atoms with Crippen LogP contribution in [0, 0.1) is 0 Å². The van der Waals surface area contributed by atoms with Crippen molar-refractivity contribution >= 4 is 58.7 Å². The smallest absolute Gasteiger partial charge is 0.429 e. The number of amides is 3. The van der Waals surface area contributed by atoms with E-state index in [1.165, 1.54) is 6.07 Å². The third-order valence-corrected chi connectivity index (χ3v) is 5.37. The van der Waals surface area contributed by atoms with E-state index in [1.54, 1.807) is 36.4 Å². The number of hydrogen-bond donors (Lipinski definition) is 1. The van der Waals surface area contributed by atoms with Crippen LogP contribution in [-0.4, -0.2) is 45.2 Å². The minimum absolute atomic E-state index is 0.116. The second kappa shape index (κ2) is 8.61. The number of carbonyl (C=O) groups excluding carboxylic acids is 4. The Bertz CT molecular complexity index is 1100. The highest BCUT2D eigenvalue weighted by molar-refractivity contribution is 6.67. The van der Waals surface area contributed by atoms with Crippen LogP contribution in [-0.2, 0) is 22.5 Å². The van der Waals surface area contributed by atoms with E-state index in [-0.39, 0.29) is 29.8 Å². The first-order valence-electron chi connectivity index (χ1n) is 9.42. The molecule has 0 saturated carbocycles. The monoisotopic (exact) mass is 496 g/mol. The number of hydrogen-bond acceptors (Lipinski definition) is 6. The number of halogens is 3. The van der Waals surface area contributed by atoms with Gasteiger partial charge in [0.1, 0.15) is 18.4 Å². The molecule has 2 aromatic carbocycles. The molecule has 3 amide bonds. The molecule has 11 heteroatoms. The van der Waals surface area contributed by atoms with Crippen LogP contribution in [0.25, 0.3) is 0 Å². The molecule has 32 heavy (non-hydrogen) atoms. The van der Waals surface area contributed by atoms with Gasteiger partial charge in [0.05, 0.1) is 11.1 Å². The molecule has 0 saturated heterocycles. The Morgan fingerprint density at radius 1 is 1.03 bits per heavy atom. The van der Waals surface area contributed by atoms with Gasteiger partial charge in [0.25, 0.3) is 11.8 Å². The number of nitrogens with one attached hydrogen (secondary N) is 1. The number of ether oxygens (including phenoxy) is 2. The molecule has 166 valence electrons. The first kappa shape index (κ1) is 22.4. The van der Waals surface area contributed by atoms with E-state index < -0.39 is 40.3 Å². The summed E-state index contributed by atoms with van der Waals surface area (Å²) in [7, 11) is 0. The molecular formula is C21H15Cl3N2O6. The molecule has 2 aliphatic heterocycles. The summed E-state index contributed by atoms with van der Waals surface area (Å²) in [4.78, 5) is 51.1. The first-order chi connectivity index (χ1) is 15.1. The fourth-order valence-electron chi connectivity index (χ4n) is 3.60. The number of benzene rings is 2. The Hall–Kier alpha value is -2.81. The molecule has 2 heterocycles. The predicted octanol–water partition coefficient (Wildman–Crippen LogP) is 3.41.